The molecule has 2 N–H and O–H groups in total. The Labute approximate surface area is 151 Å². The van der Waals surface area contributed by atoms with Gasteiger partial charge in [0.05, 0.1) is 10.3 Å². The SMILES string of the molecule is O=C(CCNS(=O)(=O)c1ccc(F)cc1)N1C[C@@H]2CCC[C@@]2(C(=O)O)C1. The van der Waals surface area contributed by atoms with Crippen molar-refractivity contribution in [1.82, 2.24) is 9.62 Å². The van der Waals surface area contributed by atoms with Gasteiger partial charge < -0.3 is 10.0 Å². The van der Waals surface area contributed by atoms with E-state index in [0.717, 1.165) is 37.1 Å². The van der Waals surface area contributed by atoms with Gasteiger partial charge in [-0.2, -0.15) is 0 Å². The Bertz CT molecular complexity index is 811. The molecule has 1 saturated heterocycles. The van der Waals surface area contributed by atoms with Crippen LogP contribution in [0.5, 0.6) is 0 Å². The second-order valence-corrected chi connectivity index (χ2v) is 8.69. The maximum absolute atomic E-state index is 12.9. The van der Waals surface area contributed by atoms with Crippen molar-refractivity contribution in [3.8, 4) is 0 Å². The summed E-state index contributed by atoms with van der Waals surface area (Å²) in [7, 11) is -3.82. The highest BCUT2D eigenvalue weighted by molar-refractivity contribution is 7.89. The van der Waals surface area contributed by atoms with E-state index in [2.05, 4.69) is 4.72 Å². The molecule has 7 nitrogen and oxygen atoms in total. The molecule has 1 aromatic carbocycles. The number of hydrogen-bond acceptors (Lipinski definition) is 4. The highest BCUT2D eigenvalue weighted by atomic mass is 32.2. The molecule has 0 unspecified atom stereocenters. The molecule has 26 heavy (non-hydrogen) atoms. The molecule has 0 radical (unpaired) electrons. The number of benzene rings is 1. The zero-order chi connectivity index (χ0) is 18.9. The summed E-state index contributed by atoms with van der Waals surface area (Å²) in [5.74, 6) is -1.68. The summed E-state index contributed by atoms with van der Waals surface area (Å²) in [5, 5.41) is 9.55. The van der Waals surface area contributed by atoms with Gasteiger partial charge in [-0.25, -0.2) is 17.5 Å². The Morgan fingerprint density at radius 1 is 1.31 bits per heavy atom. The number of hydrogen-bond donors (Lipinski definition) is 2. The van der Waals surface area contributed by atoms with Crippen molar-refractivity contribution >= 4 is 21.9 Å². The lowest BCUT2D eigenvalue weighted by Gasteiger charge is -2.23. The number of sulfonamides is 1. The first-order valence-electron chi connectivity index (χ1n) is 8.51. The van der Waals surface area contributed by atoms with Gasteiger partial charge in [-0.15, -0.1) is 0 Å². The topological polar surface area (TPSA) is 104 Å². The van der Waals surface area contributed by atoms with Crippen LogP contribution < -0.4 is 4.72 Å². The van der Waals surface area contributed by atoms with E-state index in [1.807, 2.05) is 0 Å². The number of carboxylic acid groups (broad SMARTS) is 1. The van der Waals surface area contributed by atoms with Crippen LogP contribution in [0.4, 0.5) is 4.39 Å². The van der Waals surface area contributed by atoms with Gasteiger partial charge in [0.25, 0.3) is 0 Å². The summed E-state index contributed by atoms with van der Waals surface area (Å²) >= 11 is 0. The van der Waals surface area contributed by atoms with Gasteiger partial charge in [0.2, 0.25) is 15.9 Å². The zero-order valence-corrected chi connectivity index (χ0v) is 15.0. The lowest BCUT2D eigenvalue weighted by atomic mass is 9.81. The van der Waals surface area contributed by atoms with Crippen molar-refractivity contribution in [3.63, 3.8) is 0 Å². The Kier molecular flexibility index (Phi) is 5.03. The number of fused-ring (bicyclic) bond motifs is 1. The predicted molar refractivity (Wildman–Crippen MR) is 90.2 cm³/mol. The first-order chi connectivity index (χ1) is 12.2. The largest absolute Gasteiger partial charge is 0.481 e. The summed E-state index contributed by atoms with van der Waals surface area (Å²) in [6.07, 6.45) is 2.18. The van der Waals surface area contributed by atoms with Crippen LogP contribution in [0.2, 0.25) is 0 Å². The van der Waals surface area contributed by atoms with Gasteiger partial charge in [0.1, 0.15) is 5.82 Å². The number of aliphatic carboxylic acids is 1. The molecule has 1 saturated carbocycles. The van der Waals surface area contributed by atoms with Gasteiger partial charge in [-0.3, -0.25) is 9.59 Å². The summed E-state index contributed by atoms with van der Waals surface area (Å²) in [6.45, 7) is 0.506. The molecule has 1 aliphatic heterocycles. The Hall–Kier alpha value is -2.00. The average molecular weight is 384 g/mol. The molecule has 0 bridgehead atoms. The summed E-state index contributed by atoms with van der Waals surface area (Å²) in [5.41, 5.74) is -0.844. The van der Waals surface area contributed by atoms with E-state index in [1.54, 1.807) is 0 Å². The number of rotatable bonds is 6. The number of likely N-dealkylation sites (tertiary alicyclic amines) is 1. The third kappa shape index (κ3) is 3.45. The second kappa shape index (κ2) is 6.96. The fourth-order valence-corrected chi connectivity index (χ4v) is 5.01. The van der Waals surface area contributed by atoms with Crippen LogP contribution in [0.15, 0.2) is 29.2 Å². The van der Waals surface area contributed by atoms with E-state index >= 15 is 0 Å². The van der Waals surface area contributed by atoms with E-state index in [4.69, 9.17) is 0 Å². The highest BCUT2D eigenvalue weighted by Crippen LogP contribution is 2.48. The third-order valence-electron chi connectivity index (χ3n) is 5.40. The molecule has 2 aliphatic rings. The van der Waals surface area contributed by atoms with Crippen LogP contribution >= 0.6 is 0 Å². The summed E-state index contributed by atoms with van der Waals surface area (Å²) in [4.78, 5) is 25.5. The summed E-state index contributed by atoms with van der Waals surface area (Å²) < 4.78 is 39.4. The molecule has 1 heterocycles. The lowest BCUT2D eigenvalue weighted by molar-refractivity contribution is -0.149. The normalized spacial score (nSPS) is 25.3. The molecular weight excluding hydrogens is 363 g/mol. The van der Waals surface area contributed by atoms with E-state index in [9.17, 15) is 27.5 Å². The van der Waals surface area contributed by atoms with Crippen molar-refractivity contribution in [3.05, 3.63) is 30.1 Å². The van der Waals surface area contributed by atoms with Crippen molar-refractivity contribution in [2.24, 2.45) is 11.3 Å². The number of carbonyl (C=O) groups is 2. The molecule has 0 aromatic heterocycles. The molecule has 142 valence electrons. The highest BCUT2D eigenvalue weighted by Gasteiger charge is 2.55. The second-order valence-electron chi connectivity index (χ2n) is 6.93. The van der Waals surface area contributed by atoms with Gasteiger partial charge in [0.15, 0.2) is 0 Å². The molecule has 2 fully saturated rings. The number of carboxylic acids is 1. The van der Waals surface area contributed by atoms with Crippen LogP contribution in [-0.4, -0.2) is 49.9 Å². The van der Waals surface area contributed by atoms with Gasteiger partial charge >= 0.3 is 5.97 Å². The van der Waals surface area contributed by atoms with Crippen LogP contribution in [0.1, 0.15) is 25.7 Å². The first kappa shape index (κ1) is 18.8. The Morgan fingerprint density at radius 2 is 2.00 bits per heavy atom. The van der Waals surface area contributed by atoms with Crippen molar-refractivity contribution < 1.29 is 27.5 Å². The Morgan fingerprint density at radius 3 is 2.62 bits per heavy atom. The smallest absolute Gasteiger partial charge is 0.311 e. The van der Waals surface area contributed by atoms with E-state index < -0.39 is 27.2 Å². The van der Waals surface area contributed by atoms with Crippen molar-refractivity contribution in [2.45, 2.75) is 30.6 Å². The number of nitrogens with zero attached hydrogens (tertiary/aromatic N) is 1. The molecule has 3 rings (SSSR count). The van der Waals surface area contributed by atoms with E-state index in [0.29, 0.717) is 13.0 Å². The third-order valence-corrected chi connectivity index (χ3v) is 6.88. The monoisotopic (exact) mass is 384 g/mol. The van der Waals surface area contributed by atoms with Gasteiger partial charge in [-0.1, -0.05) is 6.42 Å². The molecular formula is C17H21FN2O5S. The number of amides is 1. The number of nitrogens with one attached hydrogen (secondary N) is 1. The standard InChI is InChI=1S/C17H21FN2O5S/c18-13-3-5-14(6-4-13)26(24,25)19-9-7-15(21)20-10-12-2-1-8-17(12,11-20)16(22)23/h3-6,12,19H,1-2,7-11H2,(H,22,23)/t12-,17+/m0/s1. The van der Waals surface area contributed by atoms with Crippen LogP contribution in [0, 0.1) is 17.2 Å². The molecule has 1 aromatic rings. The summed E-state index contributed by atoms with van der Waals surface area (Å²) in [6, 6.07) is 4.40. The number of carbonyl (C=O) groups excluding carboxylic acids is 1. The van der Waals surface area contributed by atoms with Crippen LogP contribution in [-0.2, 0) is 19.6 Å². The Balaban J connectivity index is 1.55. The van der Waals surface area contributed by atoms with Crippen molar-refractivity contribution in [2.75, 3.05) is 19.6 Å². The quantitative estimate of drug-likeness (QED) is 0.767. The molecule has 1 aliphatic carbocycles. The predicted octanol–water partition coefficient (Wildman–Crippen LogP) is 1.21. The maximum Gasteiger partial charge on any atom is 0.311 e. The average Bonchev–Trinajstić information content (AvgIpc) is 3.13. The van der Waals surface area contributed by atoms with E-state index in [1.165, 1.54) is 4.90 Å². The van der Waals surface area contributed by atoms with Gasteiger partial charge in [-0.05, 0) is 43.0 Å². The molecule has 1 amide bonds. The van der Waals surface area contributed by atoms with Gasteiger partial charge in [0, 0.05) is 26.1 Å². The maximum atomic E-state index is 12.9. The molecule has 9 heteroatoms. The lowest BCUT2D eigenvalue weighted by Crippen LogP contribution is -2.38. The fraction of sp³-hybridized carbons (Fsp3) is 0.529. The first-order valence-corrected chi connectivity index (χ1v) is 9.99. The minimum atomic E-state index is -3.82. The minimum absolute atomic E-state index is 0.0279. The fourth-order valence-electron chi connectivity index (χ4n) is 3.98. The molecule has 2 atom stereocenters. The number of halogens is 1. The zero-order valence-electron chi connectivity index (χ0n) is 14.2. The van der Waals surface area contributed by atoms with Crippen LogP contribution in [0.25, 0.3) is 0 Å². The minimum Gasteiger partial charge on any atom is -0.481 e. The molecule has 0 spiro atoms. The van der Waals surface area contributed by atoms with E-state index in [-0.39, 0.29) is 36.2 Å². The van der Waals surface area contributed by atoms with Crippen LogP contribution in [0.3, 0.4) is 0 Å². The van der Waals surface area contributed by atoms with Crippen molar-refractivity contribution in [1.29, 1.82) is 0 Å².